The van der Waals surface area contributed by atoms with Crippen LogP contribution in [0.15, 0.2) is 0 Å². The van der Waals surface area contributed by atoms with E-state index in [-0.39, 0.29) is 81.1 Å². The average molecular weight is 490 g/mol. The molecule has 92 valence electrons. The summed E-state index contributed by atoms with van der Waals surface area (Å²) in [6.45, 7) is 8.93. The third kappa shape index (κ3) is 107. The van der Waals surface area contributed by atoms with E-state index < -0.39 is 0 Å². The zero-order valence-electron chi connectivity index (χ0n) is 7.75. The molecule has 0 aromatic heterocycles. The van der Waals surface area contributed by atoms with Crippen molar-refractivity contribution in [3.63, 3.8) is 0 Å². The summed E-state index contributed by atoms with van der Waals surface area (Å²) >= 11 is 4.24. The zero-order chi connectivity index (χ0) is 8.28. The second kappa shape index (κ2) is 70.3. The first kappa shape index (κ1) is 52.7. The van der Waals surface area contributed by atoms with Crippen LogP contribution in [0.1, 0.15) is 43.6 Å². The molecule has 0 aliphatic rings. The molecular weight excluding hydrogens is 457 g/mol. The molecule has 0 radical (unpaired) electrons. The summed E-state index contributed by atoms with van der Waals surface area (Å²) in [5.74, 6) is 0. The Morgan fingerprint density at radius 3 is 1.00 bits per heavy atom. The molecule has 0 saturated heterocycles. The molecular formula is C9H33I2KSi2. The molecule has 0 aromatic rings. The van der Waals surface area contributed by atoms with Crippen molar-refractivity contribution in [2.45, 2.75) is 62.2 Å². The van der Waals surface area contributed by atoms with E-state index in [9.17, 15) is 0 Å². The molecule has 0 saturated carbocycles. The van der Waals surface area contributed by atoms with Crippen LogP contribution in [0.2, 0.25) is 18.6 Å². The van der Waals surface area contributed by atoms with E-state index in [4.69, 9.17) is 0 Å². The maximum atomic E-state index is 2.34. The van der Waals surface area contributed by atoms with E-state index in [0.717, 1.165) is 5.54 Å². The molecule has 0 amide bonds. The molecule has 0 atom stereocenters. The largest absolute Gasteiger partial charge is 1.00 e. The minimum atomic E-state index is 0. The predicted molar refractivity (Wildman–Crippen MR) is 98.9 cm³/mol. The zero-order valence-corrected chi connectivity index (χ0v) is 18.0. The van der Waals surface area contributed by atoms with Crippen molar-refractivity contribution < 1.29 is 51.4 Å². The Balaban J connectivity index is -0.00000000611. The van der Waals surface area contributed by atoms with Crippen LogP contribution in [-0.4, -0.2) is 19.8 Å². The van der Waals surface area contributed by atoms with Gasteiger partial charge in [-0.3, -0.25) is 0 Å². The van der Waals surface area contributed by atoms with Gasteiger partial charge in [0.05, 0.1) is 0 Å². The molecule has 0 unspecified atom stereocenters. The quantitative estimate of drug-likeness (QED) is 0.390. The van der Waals surface area contributed by atoms with Crippen LogP contribution in [0, 0.1) is 0 Å². The van der Waals surface area contributed by atoms with Gasteiger partial charge >= 0.3 is 51.4 Å². The fraction of sp³-hybridized carbons (Fsp3) is 1.00. The molecule has 0 fully saturated rings. The summed E-state index contributed by atoms with van der Waals surface area (Å²) in [6, 6.07) is 0. The third-order valence-electron chi connectivity index (χ3n) is 0.816. The van der Waals surface area contributed by atoms with Crippen LogP contribution in [0.25, 0.3) is 0 Å². The van der Waals surface area contributed by atoms with Gasteiger partial charge in [-0.05, 0) is 0 Å². The van der Waals surface area contributed by atoms with Gasteiger partial charge in [-0.15, -0.1) is 0 Å². The Hall–Kier alpha value is 3.53. The first-order valence-corrected chi connectivity index (χ1v) is 13.1. The first-order chi connectivity index (χ1) is 4.27. The molecule has 0 rings (SSSR count). The SMILES string of the molecule is C.C.C.C.C[SiH2-].C[SiH2]C(C)C.II.[K+]. The smallest absolute Gasteiger partial charge is 0.300 e. The topological polar surface area (TPSA) is 0 Å². The molecule has 0 aliphatic heterocycles. The van der Waals surface area contributed by atoms with Gasteiger partial charge < -0.3 is 10.2 Å². The van der Waals surface area contributed by atoms with Gasteiger partial charge in [0.15, 0.2) is 0 Å². The molecule has 5 heteroatoms. The predicted octanol–water partition coefficient (Wildman–Crippen LogP) is 2.02. The van der Waals surface area contributed by atoms with E-state index in [0.29, 0.717) is 9.52 Å². The maximum absolute atomic E-state index is 2.34. The Morgan fingerprint density at radius 2 is 1.00 bits per heavy atom. The van der Waals surface area contributed by atoms with Crippen molar-refractivity contribution in [1.82, 2.24) is 0 Å². The van der Waals surface area contributed by atoms with Crippen LogP contribution < -0.4 is 51.4 Å². The molecule has 0 aliphatic carbocycles. The van der Waals surface area contributed by atoms with Crippen LogP contribution in [0.4, 0.5) is 0 Å². The van der Waals surface area contributed by atoms with Gasteiger partial charge in [-0.25, -0.2) is 0 Å². The number of rotatable bonds is 1. The summed E-state index contributed by atoms with van der Waals surface area (Å²) in [6.07, 6.45) is 0. The van der Waals surface area contributed by atoms with Crippen molar-refractivity contribution in [1.29, 1.82) is 0 Å². The van der Waals surface area contributed by atoms with Crippen molar-refractivity contribution in [3.8, 4) is 0 Å². The van der Waals surface area contributed by atoms with E-state index in [1.54, 1.807) is 0 Å². The van der Waals surface area contributed by atoms with Gasteiger partial charge in [0.2, 0.25) is 0 Å². The normalized spacial score (nSPS) is 5.14. The van der Waals surface area contributed by atoms with Gasteiger partial charge in [0.25, 0.3) is 0 Å². The van der Waals surface area contributed by atoms with E-state index in [1.807, 2.05) is 16.8 Å². The Kier molecular flexibility index (Phi) is 265. The number of halogens is 2. The number of hydrogen-bond donors (Lipinski definition) is 0. The monoisotopic (exact) mass is 490 g/mol. The van der Waals surface area contributed by atoms with Crippen molar-refractivity contribution in [2.75, 3.05) is 0 Å². The molecule has 14 heavy (non-hydrogen) atoms. The van der Waals surface area contributed by atoms with Crippen LogP contribution in [0.3, 0.4) is 0 Å². The van der Waals surface area contributed by atoms with E-state index >= 15 is 0 Å². The van der Waals surface area contributed by atoms with Gasteiger partial charge in [-0.2, -0.15) is 6.55 Å². The Bertz CT molecular complexity index is 34.8. The fourth-order valence-corrected chi connectivity index (χ4v) is 0. The van der Waals surface area contributed by atoms with Crippen LogP contribution >= 0.6 is 37.2 Å². The summed E-state index contributed by atoms with van der Waals surface area (Å²) in [5.41, 5.74) is 1.02. The molecule has 0 N–H and O–H groups in total. The second-order valence-corrected chi connectivity index (χ2v) is 4.25. The number of hydrogen-bond acceptors (Lipinski definition) is 0. The van der Waals surface area contributed by atoms with E-state index in [1.165, 1.54) is 0 Å². The summed E-state index contributed by atoms with van der Waals surface area (Å²) < 4.78 is 0. The minimum absolute atomic E-state index is 0. The molecule has 0 spiro atoms. The van der Waals surface area contributed by atoms with Gasteiger partial charge in [0.1, 0.15) is 0 Å². The Labute approximate surface area is 167 Å². The molecule has 0 nitrogen and oxygen atoms in total. The first-order valence-electron chi connectivity index (χ1n) is 3.12. The summed E-state index contributed by atoms with van der Waals surface area (Å²) in [5, 5.41) is 0. The van der Waals surface area contributed by atoms with Crippen LogP contribution in [-0.2, 0) is 0 Å². The summed E-state index contributed by atoms with van der Waals surface area (Å²) in [7, 11) is 2.21. The third-order valence-corrected chi connectivity index (χ3v) is 2.45. The molecule has 0 heterocycles. The minimum Gasteiger partial charge on any atom is -0.300 e. The molecule has 0 bridgehead atoms. The van der Waals surface area contributed by atoms with Gasteiger partial charge in [-0.1, -0.05) is 55.6 Å². The van der Waals surface area contributed by atoms with E-state index in [2.05, 4.69) is 57.6 Å². The van der Waals surface area contributed by atoms with Crippen LogP contribution in [0.5, 0.6) is 0 Å². The van der Waals surface area contributed by atoms with Gasteiger partial charge in [0, 0.05) is 46.8 Å². The fourth-order valence-electron chi connectivity index (χ4n) is 0. The second-order valence-electron chi connectivity index (χ2n) is 1.80. The Morgan fingerprint density at radius 1 is 0.929 bits per heavy atom. The average Bonchev–Trinajstić information content (AvgIpc) is 1.97. The van der Waals surface area contributed by atoms with Crippen molar-refractivity contribution in [2.24, 2.45) is 0 Å². The standard InChI is InChI=1S/C4H12Si.CH5Si.4CH4.I2.K/c1-4(2)5-3;1-2;;;;;1-2;/h4H,5H2,1-3H3;2H2,1H3;4*1H4;;/q;-1;;;;;;+1. The van der Waals surface area contributed by atoms with Crippen molar-refractivity contribution in [3.05, 3.63) is 0 Å². The molecule has 0 aromatic carbocycles. The maximum Gasteiger partial charge on any atom is 1.00 e. The summed E-state index contributed by atoms with van der Waals surface area (Å²) in [4.78, 5) is 0. The van der Waals surface area contributed by atoms with Crippen molar-refractivity contribution >= 4 is 57.0 Å².